The molecule has 124 valence electrons. The van der Waals surface area contributed by atoms with Crippen LogP contribution >= 0.6 is 0 Å². The van der Waals surface area contributed by atoms with Crippen LogP contribution in [-0.4, -0.2) is 30.2 Å². The molecule has 1 saturated heterocycles. The molecule has 23 heavy (non-hydrogen) atoms. The Kier molecular flexibility index (Phi) is 3.58. The molecule has 0 aromatic heterocycles. The molecule has 0 aromatic carbocycles. The van der Waals surface area contributed by atoms with Crippen molar-refractivity contribution in [2.24, 2.45) is 29.1 Å². The first-order valence-corrected chi connectivity index (χ1v) is 7.92. The second-order valence-corrected chi connectivity index (χ2v) is 7.21. The van der Waals surface area contributed by atoms with Crippen LogP contribution in [-0.2, 0) is 19.1 Å². The van der Waals surface area contributed by atoms with Crippen molar-refractivity contribution in [2.75, 3.05) is 0 Å². The van der Waals surface area contributed by atoms with E-state index in [1.165, 1.54) is 0 Å². The molecule has 1 N–H and O–H groups in total. The Morgan fingerprint density at radius 1 is 1.43 bits per heavy atom. The summed E-state index contributed by atoms with van der Waals surface area (Å²) in [5, 5.41) is 11.5. The number of hydrogen-bond donors (Lipinski definition) is 1. The molecule has 3 aliphatic rings. The lowest BCUT2D eigenvalue weighted by molar-refractivity contribution is -0.146. The van der Waals surface area contributed by atoms with Crippen LogP contribution < -0.4 is 5.32 Å². The summed E-state index contributed by atoms with van der Waals surface area (Å²) in [5.41, 5.74) is -0.673. The first-order chi connectivity index (χ1) is 10.8. The van der Waals surface area contributed by atoms with Crippen LogP contribution in [0.5, 0.6) is 0 Å². The van der Waals surface area contributed by atoms with Gasteiger partial charge in [-0.1, -0.05) is 20.8 Å². The van der Waals surface area contributed by atoms with E-state index in [0.717, 1.165) is 0 Å². The van der Waals surface area contributed by atoms with Crippen molar-refractivity contribution in [3.63, 3.8) is 0 Å². The van der Waals surface area contributed by atoms with E-state index in [1.807, 2.05) is 6.92 Å². The van der Waals surface area contributed by atoms with Crippen LogP contribution in [0.4, 0.5) is 4.79 Å². The fourth-order valence-corrected chi connectivity index (χ4v) is 3.90. The zero-order valence-corrected chi connectivity index (χ0v) is 13.4. The van der Waals surface area contributed by atoms with E-state index in [4.69, 9.17) is 9.47 Å². The summed E-state index contributed by atoms with van der Waals surface area (Å²) in [6.45, 7) is 5.33. The van der Waals surface area contributed by atoms with Crippen molar-refractivity contribution in [3.05, 3.63) is 0 Å². The van der Waals surface area contributed by atoms with Gasteiger partial charge in [0.25, 0.3) is 0 Å². The lowest BCUT2D eigenvalue weighted by atomic mass is 9.79. The number of esters is 1. The number of rotatable bonds is 3. The summed E-state index contributed by atoms with van der Waals surface area (Å²) < 4.78 is 10.7. The zero-order chi connectivity index (χ0) is 16.9. The predicted molar refractivity (Wildman–Crippen MR) is 76.6 cm³/mol. The van der Waals surface area contributed by atoms with Crippen LogP contribution in [0, 0.1) is 40.4 Å². The summed E-state index contributed by atoms with van der Waals surface area (Å²) in [7, 11) is 0. The lowest BCUT2D eigenvalue weighted by Crippen LogP contribution is -2.46. The number of alkyl carbamates (subject to hydrolysis) is 1. The number of fused-ring (bicyclic) bond motifs is 1. The van der Waals surface area contributed by atoms with Crippen LogP contribution in [0.1, 0.15) is 33.6 Å². The summed E-state index contributed by atoms with van der Waals surface area (Å²) in [6.07, 6.45) is -0.748. The molecule has 2 bridgehead atoms. The van der Waals surface area contributed by atoms with Crippen LogP contribution in [0.15, 0.2) is 0 Å². The second-order valence-electron chi connectivity index (χ2n) is 7.21. The third-order valence-corrected chi connectivity index (χ3v) is 5.65. The minimum atomic E-state index is -0.842. The topological polar surface area (TPSA) is 105 Å². The van der Waals surface area contributed by atoms with E-state index in [9.17, 15) is 19.6 Å². The molecule has 2 amide bonds. The molecule has 1 aliphatic heterocycles. The van der Waals surface area contributed by atoms with Crippen molar-refractivity contribution in [1.82, 2.24) is 5.32 Å². The highest BCUT2D eigenvalue weighted by molar-refractivity contribution is 5.94. The molecule has 3 rings (SSSR count). The maximum absolute atomic E-state index is 12.0. The molecule has 3 fully saturated rings. The maximum atomic E-state index is 12.0. The molecular formula is C16H20N2O5. The van der Waals surface area contributed by atoms with Gasteiger partial charge in [-0.3, -0.25) is 14.9 Å². The molecule has 0 radical (unpaired) electrons. The molecule has 0 aromatic rings. The van der Waals surface area contributed by atoms with E-state index in [-0.39, 0.29) is 17.8 Å². The van der Waals surface area contributed by atoms with Gasteiger partial charge in [-0.2, -0.15) is 5.26 Å². The normalized spacial score (nSPS) is 37.2. The Balaban J connectivity index is 1.68. The highest BCUT2D eigenvalue weighted by Crippen LogP contribution is 2.58. The number of nitriles is 1. The molecular weight excluding hydrogens is 300 g/mol. The Hall–Kier alpha value is -2.10. The number of hydrogen-bond acceptors (Lipinski definition) is 6. The number of ether oxygens (including phenoxy) is 2. The van der Waals surface area contributed by atoms with Gasteiger partial charge in [0.1, 0.15) is 12.2 Å². The molecule has 6 unspecified atom stereocenters. The van der Waals surface area contributed by atoms with E-state index < -0.39 is 41.5 Å². The SMILES string of the molecule is CCC(C)(C)C(=O)NC(=O)OC1C2CC3C1OC(=O)C3C2C#N. The highest BCUT2D eigenvalue weighted by Gasteiger charge is 2.68. The first kappa shape index (κ1) is 15.8. The average Bonchev–Trinajstić information content (AvgIpc) is 3.10. The summed E-state index contributed by atoms with van der Waals surface area (Å²) in [6, 6.07) is 2.15. The molecule has 2 aliphatic carbocycles. The number of carbonyl (C=O) groups excluding carboxylic acids is 3. The van der Waals surface area contributed by atoms with E-state index in [2.05, 4.69) is 11.4 Å². The van der Waals surface area contributed by atoms with Gasteiger partial charge in [0.15, 0.2) is 0 Å². The van der Waals surface area contributed by atoms with Gasteiger partial charge >= 0.3 is 12.1 Å². The fourth-order valence-electron chi connectivity index (χ4n) is 3.90. The Bertz CT molecular complexity index is 608. The minimum Gasteiger partial charge on any atom is -0.458 e. The van der Waals surface area contributed by atoms with Crippen molar-refractivity contribution < 1.29 is 23.9 Å². The number of nitrogens with one attached hydrogen (secondary N) is 1. The van der Waals surface area contributed by atoms with Crippen LogP contribution in [0.3, 0.4) is 0 Å². The summed E-state index contributed by atoms with van der Waals surface area (Å²) in [5.74, 6) is -1.91. The Morgan fingerprint density at radius 3 is 2.74 bits per heavy atom. The fraction of sp³-hybridized carbons (Fsp3) is 0.750. The van der Waals surface area contributed by atoms with Gasteiger partial charge in [0.2, 0.25) is 5.91 Å². The van der Waals surface area contributed by atoms with Gasteiger partial charge in [-0.05, 0) is 12.8 Å². The van der Waals surface area contributed by atoms with Gasteiger partial charge in [0.05, 0.1) is 17.9 Å². The maximum Gasteiger partial charge on any atom is 0.414 e. The Morgan fingerprint density at radius 2 is 2.13 bits per heavy atom. The van der Waals surface area contributed by atoms with Crippen molar-refractivity contribution >= 4 is 18.0 Å². The average molecular weight is 320 g/mol. The molecule has 6 atom stereocenters. The minimum absolute atomic E-state index is 0.0577. The van der Waals surface area contributed by atoms with E-state index in [1.54, 1.807) is 13.8 Å². The third-order valence-electron chi connectivity index (χ3n) is 5.65. The largest absolute Gasteiger partial charge is 0.458 e. The predicted octanol–water partition coefficient (Wildman–Crippen LogP) is 1.38. The van der Waals surface area contributed by atoms with Crippen molar-refractivity contribution in [3.8, 4) is 6.07 Å². The number of nitrogens with zero attached hydrogens (tertiary/aromatic N) is 1. The second kappa shape index (κ2) is 5.22. The molecule has 1 heterocycles. The molecule has 2 saturated carbocycles. The number of imide groups is 1. The van der Waals surface area contributed by atoms with Crippen LogP contribution in [0.2, 0.25) is 0 Å². The van der Waals surface area contributed by atoms with Gasteiger partial charge in [-0.15, -0.1) is 0 Å². The lowest BCUT2D eigenvalue weighted by Gasteiger charge is -2.28. The Labute approximate surface area is 134 Å². The monoisotopic (exact) mass is 320 g/mol. The highest BCUT2D eigenvalue weighted by atomic mass is 16.6. The van der Waals surface area contributed by atoms with Gasteiger partial charge in [-0.25, -0.2) is 4.79 Å². The first-order valence-electron chi connectivity index (χ1n) is 7.92. The summed E-state index contributed by atoms with van der Waals surface area (Å²) >= 11 is 0. The molecule has 7 nitrogen and oxygen atoms in total. The summed E-state index contributed by atoms with van der Waals surface area (Å²) in [4.78, 5) is 35.9. The van der Waals surface area contributed by atoms with Gasteiger partial charge < -0.3 is 9.47 Å². The van der Waals surface area contributed by atoms with Crippen LogP contribution in [0.25, 0.3) is 0 Å². The standard InChI is InChI=1S/C16H20N2O5/c1-4-16(2,3)14(20)18-15(21)23-11-7-5-8-10(9(7)6-17)13(19)22-12(8)11/h7-12H,4-5H2,1-3H3,(H,18,20,21). The third kappa shape index (κ3) is 2.28. The molecule has 7 heteroatoms. The molecule has 0 spiro atoms. The number of carbonyl (C=O) groups is 3. The zero-order valence-electron chi connectivity index (χ0n) is 13.4. The van der Waals surface area contributed by atoms with Crippen molar-refractivity contribution in [2.45, 2.75) is 45.8 Å². The smallest absolute Gasteiger partial charge is 0.414 e. The van der Waals surface area contributed by atoms with Crippen molar-refractivity contribution in [1.29, 1.82) is 5.26 Å². The van der Waals surface area contributed by atoms with E-state index >= 15 is 0 Å². The quantitative estimate of drug-likeness (QED) is 0.787. The van der Waals surface area contributed by atoms with E-state index in [0.29, 0.717) is 12.8 Å². The number of amides is 2. The van der Waals surface area contributed by atoms with Gasteiger partial charge in [0, 0.05) is 17.3 Å².